The highest BCUT2D eigenvalue weighted by Gasteiger charge is 2.10. The van der Waals surface area contributed by atoms with Crippen molar-refractivity contribution in [2.75, 3.05) is 14.2 Å². The maximum Gasteiger partial charge on any atom is 0.162 e. The lowest BCUT2D eigenvalue weighted by Gasteiger charge is -2.02. The van der Waals surface area contributed by atoms with Gasteiger partial charge in [-0.2, -0.15) is 0 Å². The van der Waals surface area contributed by atoms with E-state index < -0.39 is 0 Å². The third kappa shape index (κ3) is 3.28. The molecule has 0 radical (unpaired) electrons. The molecule has 19 heavy (non-hydrogen) atoms. The molecule has 0 aliphatic carbocycles. The SMILES string of the molecule is CC/C=C/C(OC)=c1/c(C(C)=O)c[nH]/c1=C(/C)OC. The molecule has 0 fully saturated rings. The van der Waals surface area contributed by atoms with Crippen LogP contribution in [0.15, 0.2) is 18.3 Å². The lowest BCUT2D eigenvalue weighted by Crippen LogP contribution is -2.31. The van der Waals surface area contributed by atoms with E-state index in [9.17, 15) is 4.79 Å². The number of ether oxygens (including phenoxy) is 2. The van der Waals surface area contributed by atoms with Crippen LogP contribution in [0.5, 0.6) is 0 Å². The average molecular weight is 263 g/mol. The first-order chi connectivity index (χ1) is 9.06. The summed E-state index contributed by atoms with van der Waals surface area (Å²) in [5, 5.41) is 1.52. The van der Waals surface area contributed by atoms with Gasteiger partial charge in [0.1, 0.15) is 11.5 Å². The Balaban J connectivity index is 3.80. The molecule has 0 bridgehead atoms. The second-order valence-electron chi connectivity index (χ2n) is 4.15. The van der Waals surface area contributed by atoms with Crippen molar-refractivity contribution in [1.82, 2.24) is 4.98 Å². The van der Waals surface area contributed by atoms with Crippen molar-refractivity contribution in [3.8, 4) is 0 Å². The Morgan fingerprint density at radius 3 is 2.47 bits per heavy atom. The van der Waals surface area contributed by atoms with E-state index in [0.717, 1.165) is 17.0 Å². The van der Waals surface area contributed by atoms with Gasteiger partial charge >= 0.3 is 0 Å². The van der Waals surface area contributed by atoms with Crippen molar-refractivity contribution in [3.05, 3.63) is 34.5 Å². The summed E-state index contributed by atoms with van der Waals surface area (Å²) in [6.07, 6.45) is 6.45. The third-order valence-electron chi connectivity index (χ3n) is 2.89. The largest absolute Gasteiger partial charge is 0.499 e. The zero-order valence-corrected chi connectivity index (χ0v) is 12.2. The van der Waals surface area contributed by atoms with Gasteiger partial charge in [-0.15, -0.1) is 0 Å². The van der Waals surface area contributed by atoms with Crippen LogP contribution in [0.1, 0.15) is 37.6 Å². The van der Waals surface area contributed by atoms with Crippen LogP contribution in [0.3, 0.4) is 0 Å². The lowest BCUT2D eigenvalue weighted by molar-refractivity contribution is 0.101. The van der Waals surface area contributed by atoms with E-state index in [-0.39, 0.29) is 5.78 Å². The van der Waals surface area contributed by atoms with Crippen molar-refractivity contribution >= 4 is 17.3 Å². The van der Waals surface area contributed by atoms with Gasteiger partial charge in [0.05, 0.1) is 24.8 Å². The zero-order chi connectivity index (χ0) is 14.4. The highest BCUT2D eigenvalue weighted by atomic mass is 16.5. The van der Waals surface area contributed by atoms with Gasteiger partial charge in [-0.05, 0) is 26.3 Å². The van der Waals surface area contributed by atoms with Crippen LogP contribution in [0, 0.1) is 0 Å². The van der Waals surface area contributed by atoms with Gasteiger partial charge in [0.2, 0.25) is 0 Å². The number of hydrogen-bond donors (Lipinski definition) is 1. The predicted molar refractivity (Wildman–Crippen MR) is 76.0 cm³/mol. The standard InChI is InChI=1S/C15H21NO3/c1-6-7-8-13(19-5)14-12(10(2)17)9-16-15(14)11(3)18-4/h7-9,16H,6H2,1-5H3/b8-7+,14-13+,15-11-. The molecule has 0 unspecified atom stereocenters. The van der Waals surface area contributed by atoms with Crippen molar-refractivity contribution in [3.63, 3.8) is 0 Å². The van der Waals surface area contributed by atoms with Crippen LogP contribution < -0.4 is 10.6 Å². The molecule has 0 saturated carbocycles. The van der Waals surface area contributed by atoms with Crippen LogP contribution >= 0.6 is 0 Å². The van der Waals surface area contributed by atoms with Crippen LogP contribution in [0.2, 0.25) is 0 Å². The van der Waals surface area contributed by atoms with E-state index in [2.05, 4.69) is 4.98 Å². The number of carbonyl (C=O) groups is 1. The normalized spacial score (nSPS) is 14.4. The van der Waals surface area contributed by atoms with E-state index in [0.29, 0.717) is 17.1 Å². The van der Waals surface area contributed by atoms with E-state index in [1.165, 1.54) is 6.92 Å². The Hall–Kier alpha value is -1.97. The Bertz CT molecular complexity index is 593. The highest BCUT2D eigenvalue weighted by molar-refractivity contribution is 5.94. The molecule has 1 rings (SSSR count). The highest BCUT2D eigenvalue weighted by Crippen LogP contribution is 2.01. The van der Waals surface area contributed by atoms with Gasteiger partial charge in [-0.3, -0.25) is 4.79 Å². The number of methoxy groups -OCH3 is 2. The topological polar surface area (TPSA) is 51.3 Å². The lowest BCUT2D eigenvalue weighted by atomic mass is 10.1. The van der Waals surface area contributed by atoms with Gasteiger partial charge in [0.25, 0.3) is 0 Å². The molecule has 0 aliphatic heterocycles. The third-order valence-corrected chi connectivity index (χ3v) is 2.89. The summed E-state index contributed by atoms with van der Waals surface area (Å²) in [7, 11) is 3.19. The second kappa shape index (κ2) is 6.83. The van der Waals surface area contributed by atoms with E-state index in [1.807, 2.05) is 26.0 Å². The van der Waals surface area contributed by atoms with Crippen LogP contribution in [0.25, 0.3) is 11.5 Å². The Kier molecular flexibility index (Phi) is 5.42. The van der Waals surface area contributed by atoms with Crippen LogP contribution in [-0.2, 0) is 9.47 Å². The fourth-order valence-electron chi connectivity index (χ4n) is 1.81. The molecule has 0 aromatic carbocycles. The van der Waals surface area contributed by atoms with Crippen LogP contribution in [-0.4, -0.2) is 25.0 Å². The summed E-state index contributed by atoms with van der Waals surface area (Å²) in [6, 6.07) is 0. The molecule has 0 saturated heterocycles. The minimum absolute atomic E-state index is 0.0131. The van der Waals surface area contributed by atoms with Gasteiger partial charge in [0, 0.05) is 11.8 Å². The summed E-state index contributed by atoms with van der Waals surface area (Å²) in [6.45, 7) is 5.42. The average Bonchev–Trinajstić information content (AvgIpc) is 2.83. The molecule has 1 aromatic heterocycles. The minimum Gasteiger partial charge on any atom is -0.499 e. The monoisotopic (exact) mass is 263 g/mol. The Morgan fingerprint density at radius 1 is 1.32 bits per heavy atom. The number of allylic oxidation sites excluding steroid dienone is 1. The molecule has 0 amide bonds. The van der Waals surface area contributed by atoms with Gasteiger partial charge in [-0.1, -0.05) is 13.0 Å². The number of ketones is 1. The van der Waals surface area contributed by atoms with E-state index >= 15 is 0 Å². The number of rotatable bonds is 5. The quantitative estimate of drug-likeness (QED) is 0.823. The Labute approximate surface area is 113 Å². The summed E-state index contributed by atoms with van der Waals surface area (Å²) in [4.78, 5) is 14.8. The first-order valence-electron chi connectivity index (χ1n) is 6.24. The molecular formula is C15H21NO3. The molecule has 0 aliphatic rings. The summed E-state index contributed by atoms with van der Waals surface area (Å²) in [5.74, 6) is 1.35. The van der Waals surface area contributed by atoms with Crippen LogP contribution in [0.4, 0.5) is 0 Å². The predicted octanol–water partition coefficient (Wildman–Crippen LogP) is 1.71. The first kappa shape index (κ1) is 15.1. The molecule has 1 N–H and O–H groups in total. The minimum atomic E-state index is -0.0131. The maximum atomic E-state index is 11.7. The smallest absolute Gasteiger partial charge is 0.162 e. The maximum absolute atomic E-state index is 11.7. The summed E-state index contributed by atoms with van der Waals surface area (Å²) < 4.78 is 10.7. The van der Waals surface area contributed by atoms with E-state index in [4.69, 9.17) is 9.47 Å². The fraction of sp³-hybridized carbons (Fsp3) is 0.400. The van der Waals surface area contributed by atoms with E-state index in [1.54, 1.807) is 20.4 Å². The summed E-state index contributed by atoms with van der Waals surface area (Å²) >= 11 is 0. The van der Waals surface area contributed by atoms with Gasteiger partial charge in [-0.25, -0.2) is 0 Å². The number of hydrogen-bond acceptors (Lipinski definition) is 3. The van der Waals surface area contributed by atoms with Crippen molar-refractivity contribution in [2.24, 2.45) is 0 Å². The van der Waals surface area contributed by atoms with Crippen molar-refractivity contribution in [2.45, 2.75) is 27.2 Å². The van der Waals surface area contributed by atoms with Crippen molar-refractivity contribution < 1.29 is 14.3 Å². The molecule has 4 heteroatoms. The number of Topliss-reactive ketones (excluding diaryl/α,β-unsaturated/α-hetero) is 1. The van der Waals surface area contributed by atoms with Gasteiger partial charge in [0.15, 0.2) is 5.78 Å². The number of aromatic nitrogens is 1. The molecule has 104 valence electrons. The van der Waals surface area contributed by atoms with Gasteiger partial charge < -0.3 is 14.5 Å². The molecule has 1 heterocycles. The number of aromatic amines is 1. The summed E-state index contributed by atoms with van der Waals surface area (Å²) in [5.41, 5.74) is 0.601. The molecule has 0 spiro atoms. The van der Waals surface area contributed by atoms with Crippen molar-refractivity contribution in [1.29, 1.82) is 0 Å². The molecule has 0 atom stereocenters. The molecule has 1 aromatic rings. The fourth-order valence-corrected chi connectivity index (χ4v) is 1.81. The zero-order valence-electron chi connectivity index (χ0n) is 12.2. The second-order valence-corrected chi connectivity index (χ2v) is 4.15. The molecular weight excluding hydrogens is 242 g/mol. The number of carbonyl (C=O) groups excluding carboxylic acids is 1. The number of nitrogens with one attached hydrogen (secondary N) is 1. The Morgan fingerprint density at radius 2 is 2.00 bits per heavy atom. The first-order valence-corrected chi connectivity index (χ1v) is 6.24. The number of H-pyrrole nitrogens is 1. The molecule has 4 nitrogen and oxygen atoms in total.